The molecule has 1 fully saturated rings. The van der Waals surface area contributed by atoms with Gasteiger partial charge in [-0.2, -0.15) is 0 Å². The highest BCUT2D eigenvalue weighted by atomic mass is 35.5. The number of hydrogen-bond donors (Lipinski definition) is 0. The Morgan fingerprint density at radius 1 is 1.00 bits per heavy atom. The number of aryl methyl sites for hydroxylation is 2. The van der Waals surface area contributed by atoms with Gasteiger partial charge < -0.3 is 14.1 Å². The average molecular weight is 488 g/mol. The summed E-state index contributed by atoms with van der Waals surface area (Å²) >= 11 is 6.39. The number of hydrogen-bond acceptors (Lipinski definition) is 5. The Balaban J connectivity index is 1.52. The van der Waals surface area contributed by atoms with Crippen LogP contribution in [0.2, 0.25) is 5.02 Å². The fourth-order valence-electron chi connectivity index (χ4n) is 4.22. The van der Waals surface area contributed by atoms with Crippen LogP contribution in [0.3, 0.4) is 0 Å². The fourth-order valence-corrected chi connectivity index (χ4v) is 4.44. The number of benzene rings is 3. The van der Waals surface area contributed by atoms with E-state index in [4.69, 9.17) is 20.8 Å². The highest BCUT2D eigenvalue weighted by Crippen LogP contribution is 2.36. The van der Waals surface area contributed by atoms with Crippen LogP contribution in [0.5, 0.6) is 5.75 Å². The van der Waals surface area contributed by atoms with Crippen LogP contribution in [-0.4, -0.2) is 18.4 Å². The predicted molar refractivity (Wildman–Crippen MR) is 135 cm³/mol. The van der Waals surface area contributed by atoms with Gasteiger partial charge in [0, 0.05) is 24.2 Å². The molecule has 2 heterocycles. The molecule has 1 aliphatic heterocycles. The molecule has 0 bridgehead atoms. The number of nitrogens with zero attached hydrogens (tertiary/aromatic N) is 1. The number of fused-ring (bicyclic) bond motifs is 1. The number of anilines is 1. The van der Waals surface area contributed by atoms with E-state index in [0.29, 0.717) is 21.9 Å². The van der Waals surface area contributed by atoms with E-state index >= 15 is 0 Å². The minimum atomic E-state index is -0.726. The van der Waals surface area contributed by atoms with Crippen LogP contribution < -0.4 is 15.1 Å². The van der Waals surface area contributed by atoms with Crippen LogP contribution in [0.4, 0.5) is 5.69 Å². The minimum absolute atomic E-state index is 0.00769. The standard InChI is InChI=1S/C28H22ClNO5/c1-16-7-10-19(11-8-16)30-15-18(14-24(30)31)28(33)35-27-25(32)21-12-9-17(2)13-23(21)34-26(27)20-5-3-4-6-22(20)29/h3-13,18H,14-15H2,1-2H3. The summed E-state index contributed by atoms with van der Waals surface area (Å²) in [5.74, 6) is -1.73. The second-order valence-electron chi connectivity index (χ2n) is 8.73. The monoisotopic (exact) mass is 487 g/mol. The van der Waals surface area contributed by atoms with E-state index in [2.05, 4.69) is 0 Å². The van der Waals surface area contributed by atoms with Crippen molar-refractivity contribution in [1.29, 1.82) is 0 Å². The van der Waals surface area contributed by atoms with E-state index < -0.39 is 17.3 Å². The molecule has 1 atom stereocenters. The zero-order valence-electron chi connectivity index (χ0n) is 19.2. The van der Waals surface area contributed by atoms with Gasteiger partial charge in [0.25, 0.3) is 0 Å². The van der Waals surface area contributed by atoms with Gasteiger partial charge in [-0.15, -0.1) is 0 Å². The van der Waals surface area contributed by atoms with Gasteiger partial charge in [-0.05, 0) is 55.8 Å². The maximum atomic E-state index is 13.4. The SMILES string of the molecule is Cc1ccc(N2CC(C(=O)Oc3c(-c4ccccc4Cl)oc4cc(C)ccc4c3=O)CC2=O)cc1. The molecular formula is C28H22ClNO5. The Bertz CT molecular complexity index is 1520. The van der Waals surface area contributed by atoms with Gasteiger partial charge in [0.15, 0.2) is 5.76 Å². The number of esters is 1. The fraction of sp³-hybridized carbons (Fsp3) is 0.179. The molecule has 1 aromatic heterocycles. The molecule has 0 radical (unpaired) electrons. The van der Waals surface area contributed by atoms with Gasteiger partial charge in [0.1, 0.15) is 5.58 Å². The number of halogens is 1. The Hall–Kier alpha value is -3.90. The summed E-state index contributed by atoms with van der Waals surface area (Å²) < 4.78 is 11.7. The van der Waals surface area contributed by atoms with Crippen LogP contribution in [0.25, 0.3) is 22.3 Å². The number of carbonyl (C=O) groups is 2. The molecular weight excluding hydrogens is 466 g/mol. The molecule has 3 aromatic carbocycles. The highest BCUT2D eigenvalue weighted by Gasteiger charge is 2.37. The zero-order chi connectivity index (χ0) is 24.7. The van der Waals surface area contributed by atoms with Crippen molar-refractivity contribution in [3.63, 3.8) is 0 Å². The van der Waals surface area contributed by atoms with Crippen molar-refractivity contribution < 1.29 is 18.7 Å². The Labute approximate surface area is 206 Å². The third-order valence-corrected chi connectivity index (χ3v) is 6.46. The molecule has 6 nitrogen and oxygen atoms in total. The summed E-state index contributed by atoms with van der Waals surface area (Å²) in [7, 11) is 0. The molecule has 1 saturated heterocycles. The Morgan fingerprint density at radius 2 is 1.71 bits per heavy atom. The number of amides is 1. The van der Waals surface area contributed by atoms with Crippen molar-refractivity contribution in [3.8, 4) is 17.1 Å². The second-order valence-corrected chi connectivity index (χ2v) is 9.14. The molecule has 0 saturated carbocycles. The first kappa shape index (κ1) is 22.9. The van der Waals surface area contributed by atoms with Crippen LogP contribution in [0.1, 0.15) is 17.5 Å². The van der Waals surface area contributed by atoms with Crippen molar-refractivity contribution in [1.82, 2.24) is 0 Å². The summed E-state index contributed by atoms with van der Waals surface area (Å²) in [5.41, 5.74) is 3.02. The third-order valence-electron chi connectivity index (χ3n) is 6.13. The second kappa shape index (κ2) is 9.04. The van der Waals surface area contributed by atoms with Gasteiger partial charge in [-0.3, -0.25) is 14.4 Å². The molecule has 35 heavy (non-hydrogen) atoms. The van der Waals surface area contributed by atoms with Crippen LogP contribution in [0, 0.1) is 19.8 Å². The van der Waals surface area contributed by atoms with E-state index in [1.165, 1.54) is 0 Å². The molecule has 1 unspecified atom stereocenters. The summed E-state index contributed by atoms with van der Waals surface area (Å²) in [5, 5.41) is 0.638. The minimum Gasteiger partial charge on any atom is -0.452 e. The van der Waals surface area contributed by atoms with Crippen LogP contribution in [0.15, 0.2) is 75.9 Å². The van der Waals surface area contributed by atoms with E-state index in [0.717, 1.165) is 11.1 Å². The smallest absolute Gasteiger partial charge is 0.316 e. The lowest BCUT2D eigenvalue weighted by atomic mass is 10.1. The van der Waals surface area contributed by atoms with Crippen molar-refractivity contribution in [2.45, 2.75) is 20.3 Å². The van der Waals surface area contributed by atoms with E-state index in [1.54, 1.807) is 47.4 Å². The lowest BCUT2D eigenvalue weighted by Gasteiger charge is -2.17. The molecule has 1 aliphatic rings. The maximum absolute atomic E-state index is 13.4. The van der Waals surface area contributed by atoms with Crippen LogP contribution in [-0.2, 0) is 9.59 Å². The largest absolute Gasteiger partial charge is 0.452 e. The molecule has 0 aliphatic carbocycles. The first-order chi connectivity index (χ1) is 16.8. The van der Waals surface area contributed by atoms with E-state index in [1.807, 2.05) is 38.1 Å². The quantitative estimate of drug-likeness (QED) is 0.346. The number of rotatable bonds is 4. The summed E-state index contributed by atoms with van der Waals surface area (Å²) in [6, 6.07) is 19.5. The van der Waals surface area contributed by atoms with Crippen molar-refractivity contribution >= 4 is 40.1 Å². The van der Waals surface area contributed by atoms with Gasteiger partial charge in [0.05, 0.1) is 16.3 Å². The molecule has 4 aromatic rings. The first-order valence-electron chi connectivity index (χ1n) is 11.2. The van der Waals surface area contributed by atoms with Gasteiger partial charge in [0.2, 0.25) is 17.1 Å². The number of carbonyl (C=O) groups excluding carboxylic acids is 2. The molecule has 0 spiro atoms. The van der Waals surface area contributed by atoms with Gasteiger partial charge in [-0.25, -0.2) is 0 Å². The maximum Gasteiger partial charge on any atom is 0.316 e. The molecule has 176 valence electrons. The molecule has 1 amide bonds. The van der Waals surface area contributed by atoms with Gasteiger partial charge >= 0.3 is 5.97 Å². The summed E-state index contributed by atoms with van der Waals surface area (Å²) in [4.78, 5) is 40.8. The number of ether oxygens (including phenoxy) is 1. The normalized spacial score (nSPS) is 15.6. The van der Waals surface area contributed by atoms with Crippen molar-refractivity contribution in [2.24, 2.45) is 5.92 Å². The summed E-state index contributed by atoms with van der Waals surface area (Å²) in [6.45, 7) is 4.02. The van der Waals surface area contributed by atoms with Crippen molar-refractivity contribution in [3.05, 3.63) is 93.1 Å². The molecule has 7 heteroatoms. The predicted octanol–water partition coefficient (Wildman–Crippen LogP) is 5.69. The van der Waals surface area contributed by atoms with E-state index in [9.17, 15) is 14.4 Å². The van der Waals surface area contributed by atoms with Crippen LogP contribution >= 0.6 is 11.6 Å². The summed E-state index contributed by atoms with van der Waals surface area (Å²) in [6.07, 6.45) is -0.00769. The van der Waals surface area contributed by atoms with E-state index in [-0.39, 0.29) is 35.8 Å². The lowest BCUT2D eigenvalue weighted by molar-refractivity contribution is -0.139. The van der Waals surface area contributed by atoms with Gasteiger partial charge in [-0.1, -0.05) is 47.5 Å². The third kappa shape index (κ3) is 4.33. The molecule has 0 N–H and O–H groups in total. The Kier molecular flexibility index (Phi) is 5.91. The molecule has 5 rings (SSSR count). The topological polar surface area (TPSA) is 76.8 Å². The Morgan fingerprint density at radius 3 is 2.46 bits per heavy atom. The zero-order valence-corrected chi connectivity index (χ0v) is 20.0. The highest BCUT2D eigenvalue weighted by molar-refractivity contribution is 6.33. The lowest BCUT2D eigenvalue weighted by Crippen LogP contribution is -2.28. The first-order valence-corrected chi connectivity index (χ1v) is 11.6. The average Bonchev–Trinajstić information content (AvgIpc) is 3.23. The van der Waals surface area contributed by atoms with Crippen molar-refractivity contribution in [2.75, 3.05) is 11.4 Å².